The summed E-state index contributed by atoms with van der Waals surface area (Å²) in [5.41, 5.74) is -4.29. The molecule has 1 aromatic rings. The van der Waals surface area contributed by atoms with E-state index in [9.17, 15) is 40.7 Å². The fourth-order valence-corrected chi connectivity index (χ4v) is 2.42. The highest BCUT2D eigenvalue weighted by atomic mass is 19.4. The number of benzene rings is 1. The normalized spacial score (nSPS) is 15.0. The number of carbonyl (C=O) groups is 3. The fraction of sp³-hybridized carbons (Fsp3) is 0.400. The van der Waals surface area contributed by atoms with E-state index in [1.807, 2.05) is 5.32 Å². The summed E-state index contributed by atoms with van der Waals surface area (Å²) >= 11 is 0. The van der Waals surface area contributed by atoms with Crippen molar-refractivity contribution in [3.05, 3.63) is 34.9 Å². The maximum absolute atomic E-state index is 13.0. The third-order valence-corrected chi connectivity index (χ3v) is 3.82. The van der Waals surface area contributed by atoms with Gasteiger partial charge in [-0.1, -0.05) is 0 Å². The Labute approximate surface area is 153 Å². The molecular weight excluding hydrogens is 400 g/mol. The molecule has 0 aromatic heterocycles. The molecule has 3 amide bonds. The van der Waals surface area contributed by atoms with Gasteiger partial charge in [-0.25, -0.2) is 4.79 Å². The summed E-state index contributed by atoms with van der Waals surface area (Å²) in [6, 6.07) is -0.115. The van der Waals surface area contributed by atoms with Crippen LogP contribution in [0.25, 0.3) is 0 Å². The van der Waals surface area contributed by atoms with Crippen molar-refractivity contribution in [2.75, 3.05) is 19.6 Å². The summed E-state index contributed by atoms with van der Waals surface area (Å²) in [5.74, 6) is -2.33. The minimum atomic E-state index is -5.08. The number of halogens is 6. The molecule has 1 fully saturated rings. The number of hydrogen-bond donors (Lipinski definition) is 3. The second-order valence-electron chi connectivity index (χ2n) is 5.89. The Morgan fingerprint density at radius 3 is 2.18 bits per heavy atom. The van der Waals surface area contributed by atoms with Crippen LogP contribution in [-0.4, -0.2) is 53.6 Å². The lowest BCUT2D eigenvalue weighted by Crippen LogP contribution is -2.61. The number of nitrogens with one attached hydrogen (secondary N) is 2. The molecule has 154 valence electrons. The van der Waals surface area contributed by atoms with Crippen LogP contribution in [0.15, 0.2) is 18.2 Å². The summed E-state index contributed by atoms with van der Waals surface area (Å²) in [7, 11) is 0. The van der Waals surface area contributed by atoms with Crippen molar-refractivity contribution in [2.45, 2.75) is 18.4 Å². The molecule has 0 spiro atoms. The molecule has 0 saturated carbocycles. The third kappa shape index (κ3) is 5.04. The SMILES string of the molecule is O=C(CNC(=O)c1cc(C(F)(F)F)ccc1C(F)(F)F)NC1CN(C(=O)O)C1. The predicted molar refractivity (Wildman–Crippen MR) is 80.3 cm³/mol. The van der Waals surface area contributed by atoms with Crippen LogP contribution in [0.1, 0.15) is 21.5 Å². The van der Waals surface area contributed by atoms with Gasteiger partial charge >= 0.3 is 18.4 Å². The molecular formula is C15H13F6N3O4. The van der Waals surface area contributed by atoms with Crippen LogP contribution in [0.3, 0.4) is 0 Å². The van der Waals surface area contributed by atoms with E-state index in [2.05, 4.69) is 5.32 Å². The van der Waals surface area contributed by atoms with Crippen LogP contribution in [0.2, 0.25) is 0 Å². The van der Waals surface area contributed by atoms with E-state index in [0.717, 1.165) is 4.90 Å². The van der Waals surface area contributed by atoms with Gasteiger partial charge in [0, 0.05) is 13.1 Å². The van der Waals surface area contributed by atoms with Gasteiger partial charge in [-0.15, -0.1) is 0 Å². The molecule has 0 aliphatic carbocycles. The Bertz CT molecular complexity index is 787. The summed E-state index contributed by atoms with van der Waals surface area (Å²) in [6.07, 6.45) is -11.2. The monoisotopic (exact) mass is 413 g/mol. The van der Waals surface area contributed by atoms with Crippen molar-refractivity contribution in [2.24, 2.45) is 0 Å². The number of rotatable bonds is 4. The van der Waals surface area contributed by atoms with E-state index in [1.54, 1.807) is 0 Å². The van der Waals surface area contributed by atoms with E-state index >= 15 is 0 Å². The second kappa shape index (κ2) is 7.56. The average Bonchev–Trinajstić information content (AvgIpc) is 2.52. The van der Waals surface area contributed by atoms with Crippen LogP contribution in [0.4, 0.5) is 31.1 Å². The van der Waals surface area contributed by atoms with Crippen molar-refractivity contribution in [1.82, 2.24) is 15.5 Å². The highest BCUT2D eigenvalue weighted by Gasteiger charge is 2.38. The Balaban J connectivity index is 2.04. The van der Waals surface area contributed by atoms with Crippen molar-refractivity contribution in [1.29, 1.82) is 0 Å². The first-order valence-corrected chi connectivity index (χ1v) is 7.63. The van der Waals surface area contributed by atoms with Crippen LogP contribution < -0.4 is 10.6 Å². The van der Waals surface area contributed by atoms with Gasteiger partial charge in [0.05, 0.1) is 29.3 Å². The first-order valence-electron chi connectivity index (χ1n) is 7.63. The van der Waals surface area contributed by atoms with Crippen LogP contribution >= 0.6 is 0 Å². The highest BCUT2D eigenvalue weighted by molar-refractivity contribution is 5.98. The molecule has 1 aliphatic heterocycles. The minimum absolute atomic E-state index is 0.000863. The lowest BCUT2D eigenvalue weighted by atomic mass is 10.0. The maximum Gasteiger partial charge on any atom is 0.417 e. The zero-order chi connectivity index (χ0) is 21.3. The molecule has 0 atom stereocenters. The molecule has 0 bridgehead atoms. The number of alkyl halides is 6. The summed E-state index contributed by atoms with van der Waals surface area (Å²) in [6.45, 7) is -0.794. The Kier molecular flexibility index (Phi) is 5.75. The molecule has 13 heteroatoms. The first kappa shape index (κ1) is 21.3. The van der Waals surface area contributed by atoms with E-state index in [-0.39, 0.29) is 31.3 Å². The maximum atomic E-state index is 13.0. The Morgan fingerprint density at radius 2 is 1.68 bits per heavy atom. The molecule has 0 radical (unpaired) electrons. The summed E-state index contributed by atoms with van der Waals surface area (Å²) < 4.78 is 77.1. The number of carbonyl (C=O) groups excluding carboxylic acids is 2. The summed E-state index contributed by atoms with van der Waals surface area (Å²) in [5, 5.41) is 12.8. The number of carboxylic acid groups (broad SMARTS) is 1. The van der Waals surface area contributed by atoms with Crippen LogP contribution in [0, 0.1) is 0 Å². The van der Waals surface area contributed by atoms with Gasteiger partial charge in [0.2, 0.25) is 5.91 Å². The quantitative estimate of drug-likeness (QED) is 0.657. The molecule has 28 heavy (non-hydrogen) atoms. The average molecular weight is 413 g/mol. The zero-order valence-corrected chi connectivity index (χ0v) is 13.8. The van der Waals surface area contributed by atoms with Gasteiger partial charge in [0.25, 0.3) is 5.91 Å². The largest absolute Gasteiger partial charge is 0.465 e. The van der Waals surface area contributed by atoms with Gasteiger partial charge < -0.3 is 20.6 Å². The van der Waals surface area contributed by atoms with E-state index < -0.39 is 59.5 Å². The molecule has 1 saturated heterocycles. The van der Waals surface area contributed by atoms with E-state index in [1.165, 1.54) is 0 Å². The standard InChI is InChI=1S/C15H13F6N3O4/c16-14(17,18)7-1-2-10(15(19,20)21)9(3-7)12(26)22-4-11(25)23-8-5-24(6-8)13(27)28/h1-3,8H,4-6H2,(H,22,26)(H,23,25)(H,27,28). The Hall–Kier alpha value is -2.99. The topological polar surface area (TPSA) is 98.7 Å². The number of nitrogens with zero attached hydrogens (tertiary/aromatic N) is 1. The molecule has 1 heterocycles. The van der Waals surface area contributed by atoms with Gasteiger partial charge in [-0.3, -0.25) is 9.59 Å². The van der Waals surface area contributed by atoms with Gasteiger partial charge in [-0.05, 0) is 18.2 Å². The lowest BCUT2D eigenvalue weighted by molar-refractivity contribution is -0.141. The number of hydrogen-bond acceptors (Lipinski definition) is 3. The van der Waals surface area contributed by atoms with E-state index in [4.69, 9.17) is 5.11 Å². The molecule has 3 N–H and O–H groups in total. The van der Waals surface area contributed by atoms with Crippen LogP contribution in [0.5, 0.6) is 0 Å². The van der Waals surface area contributed by atoms with Crippen molar-refractivity contribution in [3.63, 3.8) is 0 Å². The van der Waals surface area contributed by atoms with Gasteiger partial charge in [0.1, 0.15) is 0 Å². The number of likely N-dealkylation sites (tertiary alicyclic amines) is 1. The fourth-order valence-electron chi connectivity index (χ4n) is 2.42. The van der Waals surface area contributed by atoms with Crippen molar-refractivity contribution < 1.29 is 45.8 Å². The highest BCUT2D eigenvalue weighted by Crippen LogP contribution is 2.36. The molecule has 0 unspecified atom stereocenters. The van der Waals surface area contributed by atoms with Gasteiger partial charge in [0.15, 0.2) is 0 Å². The summed E-state index contributed by atoms with van der Waals surface area (Å²) in [4.78, 5) is 35.2. The van der Waals surface area contributed by atoms with Crippen LogP contribution in [-0.2, 0) is 17.1 Å². The zero-order valence-electron chi connectivity index (χ0n) is 13.8. The molecule has 1 aliphatic rings. The molecule has 7 nitrogen and oxygen atoms in total. The van der Waals surface area contributed by atoms with E-state index in [0.29, 0.717) is 0 Å². The van der Waals surface area contributed by atoms with Crippen molar-refractivity contribution in [3.8, 4) is 0 Å². The minimum Gasteiger partial charge on any atom is -0.465 e. The predicted octanol–water partition coefficient (Wildman–Crippen LogP) is 1.93. The molecule has 2 rings (SSSR count). The van der Waals surface area contributed by atoms with Crippen molar-refractivity contribution >= 4 is 17.9 Å². The first-order chi connectivity index (χ1) is 12.8. The van der Waals surface area contributed by atoms with Gasteiger partial charge in [-0.2, -0.15) is 26.3 Å². The second-order valence-corrected chi connectivity index (χ2v) is 5.89. The number of amides is 3. The third-order valence-electron chi connectivity index (χ3n) is 3.82. The molecule has 1 aromatic carbocycles. The smallest absolute Gasteiger partial charge is 0.417 e. The lowest BCUT2D eigenvalue weighted by Gasteiger charge is -2.37. The Morgan fingerprint density at radius 1 is 1.07 bits per heavy atom.